The minimum atomic E-state index is -3.62. The zero-order valence-corrected chi connectivity index (χ0v) is 19.6. The molecule has 0 bridgehead atoms. The van der Waals surface area contributed by atoms with Crippen molar-refractivity contribution in [1.82, 2.24) is 5.01 Å². The first-order valence-electron chi connectivity index (χ1n) is 10.2. The lowest BCUT2D eigenvalue weighted by atomic mass is 9.90. The van der Waals surface area contributed by atoms with Crippen molar-refractivity contribution in [2.24, 2.45) is 5.10 Å². The first-order chi connectivity index (χ1) is 15.7. The SMILES string of the molecule is Cc1cccc(NC(=O)N2CC(c3ccc(OS(C)(=O)=O)cc3)C(c3ccc(Cl)cc3)=N2)c1. The summed E-state index contributed by atoms with van der Waals surface area (Å²) in [4.78, 5) is 12.9. The van der Waals surface area contributed by atoms with Crippen molar-refractivity contribution in [3.05, 3.63) is 94.5 Å². The molecule has 170 valence electrons. The summed E-state index contributed by atoms with van der Waals surface area (Å²) in [5.74, 6) is -0.00000565. The van der Waals surface area contributed by atoms with Gasteiger partial charge in [-0.05, 0) is 60.0 Å². The zero-order chi connectivity index (χ0) is 23.6. The number of hydrazone groups is 1. The third-order valence-corrected chi connectivity index (χ3v) is 5.84. The fourth-order valence-corrected chi connectivity index (χ4v) is 4.20. The number of nitrogens with one attached hydrogen (secondary N) is 1. The van der Waals surface area contributed by atoms with E-state index in [1.165, 1.54) is 5.01 Å². The molecule has 4 rings (SSSR count). The summed E-state index contributed by atoms with van der Waals surface area (Å²) in [7, 11) is -3.62. The standard InChI is InChI=1S/C24H22ClN3O4S/c1-16-4-3-5-20(14-16)26-24(29)28-15-22(23(27-28)18-6-10-19(25)11-7-18)17-8-12-21(13-9-17)32-33(2,30)31/h3-14,22H,15H2,1-2H3,(H,26,29). The lowest BCUT2D eigenvalue weighted by Crippen LogP contribution is -2.30. The van der Waals surface area contributed by atoms with Crippen LogP contribution in [0.25, 0.3) is 0 Å². The molecule has 0 aromatic heterocycles. The van der Waals surface area contributed by atoms with Crippen molar-refractivity contribution in [2.45, 2.75) is 12.8 Å². The zero-order valence-electron chi connectivity index (χ0n) is 18.0. The highest BCUT2D eigenvalue weighted by Gasteiger charge is 2.32. The number of rotatable bonds is 5. The average Bonchev–Trinajstić information content (AvgIpc) is 3.19. The van der Waals surface area contributed by atoms with Crippen molar-refractivity contribution in [3.8, 4) is 5.75 Å². The number of anilines is 1. The number of urea groups is 1. The third kappa shape index (κ3) is 5.71. The fourth-order valence-electron chi connectivity index (χ4n) is 3.61. The molecule has 1 N–H and O–H groups in total. The van der Waals surface area contributed by atoms with Crippen LogP contribution < -0.4 is 9.50 Å². The van der Waals surface area contributed by atoms with Gasteiger partial charge in [-0.2, -0.15) is 13.5 Å². The van der Waals surface area contributed by atoms with E-state index < -0.39 is 10.1 Å². The van der Waals surface area contributed by atoms with E-state index in [9.17, 15) is 13.2 Å². The summed E-state index contributed by atoms with van der Waals surface area (Å²) in [5.41, 5.74) is 4.15. The van der Waals surface area contributed by atoms with Gasteiger partial charge >= 0.3 is 16.1 Å². The van der Waals surface area contributed by atoms with Gasteiger partial charge in [-0.25, -0.2) is 9.80 Å². The van der Waals surface area contributed by atoms with Crippen molar-refractivity contribution < 1.29 is 17.4 Å². The van der Waals surface area contributed by atoms with E-state index in [1.807, 2.05) is 43.3 Å². The maximum absolute atomic E-state index is 12.9. The van der Waals surface area contributed by atoms with Gasteiger partial charge in [-0.3, -0.25) is 0 Å². The van der Waals surface area contributed by atoms with Crippen LogP contribution in [-0.2, 0) is 10.1 Å². The molecule has 33 heavy (non-hydrogen) atoms. The van der Waals surface area contributed by atoms with Gasteiger partial charge in [-0.1, -0.05) is 48.0 Å². The molecule has 3 aromatic rings. The van der Waals surface area contributed by atoms with Crippen molar-refractivity contribution in [2.75, 3.05) is 18.1 Å². The first-order valence-corrected chi connectivity index (χ1v) is 12.4. The predicted octanol–water partition coefficient (Wildman–Crippen LogP) is 5.02. The predicted molar refractivity (Wildman–Crippen MR) is 130 cm³/mol. The van der Waals surface area contributed by atoms with Gasteiger partial charge in [0.15, 0.2) is 0 Å². The first kappa shape index (κ1) is 22.8. The second kappa shape index (κ2) is 9.25. The Bertz CT molecular complexity index is 1310. The number of hydrogen-bond acceptors (Lipinski definition) is 5. The summed E-state index contributed by atoms with van der Waals surface area (Å²) in [5, 5.41) is 9.50. The summed E-state index contributed by atoms with van der Waals surface area (Å²) in [6.07, 6.45) is 0.994. The molecule has 1 aliphatic heterocycles. The second-order valence-corrected chi connectivity index (χ2v) is 9.79. The van der Waals surface area contributed by atoms with Crippen molar-refractivity contribution in [1.29, 1.82) is 0 Å². The summed E-state index contributed by atoms with van der Waals surface area (Å²) >= 11 is 6.05. The van der Waals surface area contributed by atoms with Crippen LogP contribution in [0.1, 0.15) is 22.6 Å². The number of carbonyl (C=O) groups is 1. The van der Waals surface area contributed by atoms with Gasteiger partial charge in [0, 0.05) is 16.6 Å². The molecule has 0 fully saturated rings. The Morgan fingerprint density at radius 1 is 1.09 bits per heavy atom. The summed E-state index contributed by atoms with van der Waals surface area (Å²) < 4.78 is 27.7. The molecule has 3 aromatic carbocycles. The Morgan fingerprint density at radius 2 is 1.79 bits per heavy atom. The Labute approximate surface area is 197 Å². The topological polar surface area (TPSA) is 88.1 Å². The molecule has 1 unspecified atom stereocenters. The van der Waals surface area contributed by atoms with E-state index in [2.05, 4.69) is 10.4 Å². The van der Waals surface area contributed by atoms with Gasteiger partial charge in [-0.15, -0.1) is 0 Å². The van der Waals surface area contributed by atoms with Gasteiger partial charge in [0.2, 0.25) is 0 Å². The lowest BCUT2D eigenvalue weighted by molar-refractivity contribution is 0.218. The number of amides is 2. The molecule has 0 spiro atoms. The highest BCUT2D eigenvalue weighted by molar-refractivity contribution is 7.86. The van der Waals surface area contributed by atoms with E-state index in [1.54, 1.807) is 36.4 Å². The van der Waals surface area contributed by atoms with E-state index in [0.29, 0.717) is 23.0 Å². The molecule has 7 nitrogen and oxygen atoms in total. The maximum Gasteiger partial charge on any atom is 0.342 e. The molecule has 0 aliphatic carbocycles. The smallest absolute Gasteiger partial charge is 0.342 e. The molecule has 0 saturated carbocycles. The van der Waals surface area contributed by atoms with Crippen LogP contribution in [0.3, 0.4) is 0 Å². The molecule has 0 radical (unpaired) electrons. The quantitative estimate of drug-likeness (QED) is 0.516. The minimum absolute atomic E-state index is 0.221. The minimum Gasteiger partial charge on any atom is -0.383 e. The Kier molecular flexibility index (Phi) is 6.40. The molecule has 0 saturated heterocycles. The normalized spacial score (nSPS) is 15.8. The summed E-state index contributed by atoms with van der Waals surface area (Å²) in [6.45, 7) is 2.28. The van der Waals surface area contributed by atoms with E-state index in [4.69, 9.17) is 15.8 Å². The highest BCUT2D eigenvalue weighted by Crippen LogP contribution is 2.31. The van der Waals surface area contributed by atoms with Crippen LogP contribution in [0.15, 0.2) is 77.9 Å². The Morgan fingerprint density at radius 3 is 2.42 bits per heavy atom. The maximum atomic E-state index is 12.9. The molecular formula is C24H22ClN3O4S. The van der Waals surface area contributed by atoms with E-state index >= 15 is 0 Å². The molecule has 9 heteroatoms. The molecular weight excluding hydrogens is 462 g/mol. The van der Waals surface area contributed by atoms with Crippen LogP contribution in [0.2, 0.25) is 5.02 Å². The average molecular weight is 484 g/mol. The van der Waals surface area contributed by atoms with Gasteiger partial charge in [0.05, 0.1) is 18.5 Å². The van der Waals surface area contributed by atoms with Crippen molar-refractivity contribution >= 4 is 39.1 Å². The van der Waals surface area contributed by atoms with Crippen LogP contribution in [-0.4, -0.2) is 38.0 Å². The van der Waals surface area contributed by atoms with Gasteiger partial charge < -0.3 is 9.50 Å². The fraction of sp³-hybridized carbons (Fsp3) is 0.167. The second-order valence-electron chi connectivity index (χ2n) is 7.78. The third-order valence-electron chi connectivity index (χ3n) is 5.09. The molecule has 2 amide bonds. The van der Waals surface area contributed by atoms with Gasteiger partial charge in [0.1, 0.15) is 5.75 Å². The number of halogens is 1. The highest BCUT2D eigenvalue weighted by atomic mass is 35.5. The number of benzene rings is 3. The van der Waals surface area contributed by atoms with Crippen LogP contribution in [0.4, 0.5) is 10.5 Å². The molecule has 1 heterocycles. The largest absolute Gasteiger partial charge is 0.383 e. The molecule has 1 atom stereocenters. The monoisotopic (exact) mass is 483 g/mol. The van der Waals surface area contributed by atoms with E-state index in [0.717, 1.165) is 22.9 Å². The van der Waals surface area contributed by atoms with Crippen LogP contribution >= 0.6 is 11.6 Å². The number of carbonyl (C=O) groups excluding carboxylic acids is 1. The number of aryl methyl sites for hydroxylation is 1. The van der Waals surface area contributed by atoms with E-state index in [-0.39, 0.29) is 17.7 Å². The number of hydrogen-bond donors (Lipinski definition) is 1. The molecule has 1 aliphatic rings. The number of nitrogens with zero attached hydrogens (tertiary/aromatic N) is 2. The van der Waals surface area contributed by atoms with Crippen LogP contribution in [0.5, 0.6) is 5.75 Å². The van der Waals surface area contributed by atoms with Gasteiger partial charge in [0.25, 0.3) is 0 Å². The Hall–Kier alpha value is -3.36. The summed E-state index contributed by atoms with van der Waals surface area (Å²) in [6, 6.07) is 21.2. The Balaban J connectivity index is 1.62. The van der Waals surface area contributed by atoms with Crippen LogP contribution in [0, 0.1) is 6.92 Å². The lowest BCUT2D eigenvalue weighted by Gasteiger charge is -2.16. The van der Waals surface area contributed by atoms with Crippen molar-refractivity contribution in [3.63, 3.8) is 0 Å².